The first kappa shape index (κ1) is 15.3. The van der Waals surface area contributed by atoms with Crippen LogP contribution in [0.3, 0.4) is 0 Å². The maximum atomic E-state index is 12.0. The maximum absolute atomic E-state index is 12.0. The molecule has 0 spiro atoms. The molecule has 1 aromatic carbocycles. The van der Waals surface area contributed by atoms with Crippen LogP contribution in [0.4, 0.5) is 5.69 Å². The van der Waals surface area contributed by atoms with Gasteiger partial charge in [-0.05, 0) is 56.0 Å². The standard InChI is InChI=1S/C15H21ClN2O2/c1-11-8-13(16)2-3-14(11)17-15(20)10-18-6-4-12(9-18)5-7-19/h2-3,8,12,19H,4-7,9-10H2,1H3,(H,17,20). The summed E-state index contributed by atoms with van der Waals surface area (Å²) in [5, 5.41) is 12.5. The van der Waals surface area contributed by atoms with Gasteiger partial charge in [-0.15, -0.1) is 0 Å². The fourth-order valence-corrected chi connectivity index (χ4v) is 2.86. The van der Waals surface area contributed by atoms with Crippen LogP contribution in [0, 0.1) is 12.8 Å². The van der Waals surface area contributed by atoms with Crippen molar-refractivity contribution >= 4 is 23.2 Å². The Morgan fingerprint density at radius 3 is 3.05 bits per heavy atom. The van der Waals surface area contributed by atoms with Crippen LogP contribution in [-0.4, -0.2) is 42.2 Å². The number of likely N-dealkylation sites (tertiary alicyclic amines) is 1. The third-order valence-electron chi connectivity index (χ3n) is 3.74. The summed E-state index contributed by atoms with van der Waals surface area (Å²) in [7, 11) is 0. The molecule has 0 saturated carbocycles. The van der Waals surface area contributed by atoms with Gasteiger partial charge in [-0.1, -0.05) is 11.6 Å². The molecule has 20 heavy (non-hydrogen) atoms. The van der Waals surface area contributed by atoms with Gasteiger partial charge in [0.2, 0.25) is 5.91 Å². The van der Waals surface area contributed by atoms with Gasteiger partial charge in [0, 0.05) is 23.9 Å². The van der Waals surface area contributed by atoms with Gasteiger partial charge in [0.25, 0.3) is 0 Å². The van der Waals surface area contributed by atoms with Crippen molar-refractivity contribution in [3.63, 3.8) is 0 Å². The number of hydrogen-bond donors (Lipinski definition) is 2. The molecular weight excluding hydrogens is 276 g/mol. The summed E-state index contributed by atoms with van der Waals surface area (Å²) < 4.78 is 0. The molecule has 1 aliphatic heterocycles. The molecule has 1 saturated heterocycles. The van der Waals surface area contributed by atoms with Crippen molar-refractivity contribution in [1.29, 1.82) is 0 Å². The molecule has 1 fully saturated rings. The van der Waals surface area contributed by atoms with E-state index in [1.54, 1.807) is 6.07 Å². The molecule has 1 heterocycles. The summed E-state index contributed by atoms with van der Waals surface area (Å²) in [6.45, 7) is 4.39. The number of aliphatic hydroxyl groups excluding tert-OH is 1. The quantitative estimate of drug-likeness (QED) is 0.876. The minimum Gasteiger partial charge on any atom is -0.396 e. The van der Waals surface area contributed by atoms with E-state index in [1.807, 2.05) is 19.1 Å². The predicted molar refractivity (Wildman–Crippen MR) is 81.1 cm³/mol. The van der Waals surface area contributed by atoms with Gasteiger partial charge in [0.15, 0.2) is 0 Å². The summed E-state index contributed by atoms with van der Waals surface area (Å²) >= 11 is 5.90. The lowest BCUT2D eigenvalue weighted by Gasteiger charge is -2.16. The SMILES string of the molecule is Cc1cc(Cl)ccc1NC(=O)CN1CCC(CCO)C1. The molecule has 4 nitrogen and oxygen atoms in total. The number of rotatable bonds is 5. The van der Waals surface area contributed by atoms with Crippen LogP contribution in [0.1, 0.15) is 18.4 Å². The predicted octanol–water partition coefficient (Wildman–Crippen LogP) is 2.29. The lowest BCUT2D eigenvalue weighted by molar-refractivity contribution is -0.117. The summed E-state index contributed by atoms with van der Waals surface area (Å²) in [5.41, 5.74) is 1.77. The molecule has 110 valence electrons. The highest BCUT2D eigenvalue weighted by atomic mass is 35.5. The van der Waals surface area contributed by atoms with Crippen LogP contribution in [0.15, 0.2) is 18.2 Å². The second-order valence-electron chi connectivity index (χ2n) is 5.41. The zero-order valence-corrected chi connectivity index (χ0v) is 12.5. The molecule has 0 aliphatic carbocycles. The molecule has 2 rings (SSSR count). The molecular formula is C15H21ClN2O2. The van der Waals surface area contributed by atoms with Gasteiger partial charge in [0.1, 0.15) is 0 Å². The van der Waals surface area contributed by atoms with E-state index in [4.69, 9.17) is 16.7 Å². The van der Waals surface area contributed by atoms with Crippen LogP contribution >= 0.6 is 11.6 Å². The lowest BCUT2D eigenvalue weighted by atomic mass is 10.1. The molecule has 1 amide bonds. The van der Waals surface area contributed by atoms with E-state index in [0.717, 1.165) is 37.2 Å². The number of hydrogen-bond acceptors (Lipinski definition) is 3. The highest BCUT2D eigenvalue weighted by molar-refractivity contribution is 6.30. The Labute approximate surface area is 124 Å². The zero-order chi connectivity index (χ0) is 14.5. The fourth-order valence-electron chi connectivity index (χ4n) is 2.63. The summed E-state index contributed by atoms with van der Waals surface area (Å²) in [6, 6.07) is 5.44. The van der Waals surface area contributed by atoms with E-state index < -0.39 is 0 Å². The Hall–Kier alpha value is -1.10. The van der Waals surface area contributed by atoms with Crippen LogP contribution in [0.2, 0.25) is 5.02 Å². The molecule has 5 heteroatoms. The van der Waals surface area contributed by atoms with Crippen molar-refractivity contribution in [3.8, 4) is 0 Å². The fraction of sp³-hybridized carbons (Fsp3) is 0.533. The lowest BCUT2D eigenvalue weighted by Crippen LogP contribution is -2.31. The van der Waals surface area contributed by atoms with Crippen LogP contribution in [0.25, 0.3) is 0 Å². The number of anilines is 1. The molecule has 0 aromatic heterocycles. The zero-order valence-electron chi connectivity index (χ0n) is 11.7. The normalized spacial score (nSPS) is 19.2. The van der Waals surface area contributed by atoms with E-state index in [0.29, 0.717) is 17.5 Å². The molecule has 0 radical (unpaired) electrons. The topological polar surface area (TPSA) is 52.6 Å². The number of aryl methyl sites for hydroxylation is 1. The van der Waals surface area contributed by atoms with Crippen molar-refractivity contribution in [2.24, 2.45) is 5.92 Å². The first-order valence-electron chi connectivity index (χ1n) is 6.97. The van der Waals surface area contributed by atoms with Crippen molar-refractivity contribution < 1.29 is 9.90 Å². The number of carbonyl (C=O) groups excluding carboxylic acids is 1. The van der Waals surface area contributed by atoms with Crippen molar-refractivity contribution in [2.75, 3.05) is 31.6 Å². The van der Waals surface area contributed by atoms with E-state index in [2.05, 4.69) is 10.2 Å². The van der Waals surface area contributed by atoms with E-state index in [-0.39, 0.29) is 12.5 Å². The molecule has 2 N–H and O–H groups in total. The highest BCUT2D eigenvalue weighted by Gasteiger charge is 2.23. The maximum Gasteiger partial charge on any atom is 0.238 e. The highest BCUT2D eigenvalue weighted by Crippen LogP contribution is 2.21. The monoisotopic (exact) mass is 296 g/mol. The van der Waals surface area contributed by atoms with Crippen molar-refractivity contribution in [3.05, 3.63) is 28.8 Å². The third-order valence-corrected chi connectivity index (χ3v) is 3.97. The average Bonchev–Trinajstić information content (AvgIpc) is 2.81. The Morgan fingerprint density at radius 2 is 2.35 bits per heavy atom. The van der Waals surface area contributed by atoms with Crippen LogP contribution < -0.4 is 5.32 Å². The minimum absolute atomic E-state index is 0.0000657. The van der Waals surface area contributed by atoms with E-state index >= 15 is 0 Å². The van der Waals surface area contributed by atoms with Gasteiger partial charge in [0.05, 0.1) is 6.54 Å². The molecule has 1 unspecified atom stereocenters. The van der Waals surface area contributed by atoms with E-state index in [9.17, 15) is 4.79 Å². The Bertz CT molecular complexity index is 479. The van der Waals surface area contributed by atoms with Gasteiger partial charge in [-0.2, -0.15) is 0 Å². The summed E-state index contributed by atoms with van der Waals surface area (Å²) in [6.07, 6.45) is 1.89. The summed E-state index contributed by atoms with van der Waals surface area (Å²) in [4.78, 5) is 14.2. The van der Waals surface area contributed by atoms with Crippen LogP contribution in [-0.2, 0) is 4.79 Å². The largest absolute Gasteiger partial charge is 0.396 e. The number of nitrogens with zero attached hydrogens (tertiary/aromatic N) is 1. The molecule has 1 aromatic rings. The molecule has 1 aliphatic rings. The first-order valence-corrected chi connectivity index (χ1v) is 7.35. The number of amides is 1. The first-order chi connectivity index (χ1) is 9.58. The van der Waals surface area contributed by atoms with Crippen molar-refractivity contribution in [2.45, 2.75) is 19.8 Å². The Morgan fingerprint density at radius 1 is 1.55 bits per heavy atom. The molecule has 0 bridgehead atoms. The average molecular weight is 297 g/mol. The second kappa shape index (κ2) is 7.07. The number of benzene rings is 1. The summed E-state index contributed by atoms with van der Waals surface area (Å²) in [5.74, 6) is 0.519. The van der Waals surface area contributed by atoms with Gasteiger partial charge in [-0.25, -0.2) is 0 Å². The van der Waals surface area contributed by atoms with Gasteiger partial charge >= 0.3 is 0 Å². The number of aliphatic hydroxyl groups is 1. The van der Waals surface area contributed by atoms with Gasteiger partial charge in [-0.3, -0.25) is 9.69 Å². The minimum atomic E-state index is 0.0000657. The van der Waals surface area contributed by atoms with Gasteiger partial charge < -0.3 is 10.4 Å². The van der Waals surface area contributed by atoms with Crippen LogP contribution in [0.5, 0.6) is 0 Å². The Balaban J connectivity index is 1.84. The van der Waals surface area contributed by atoms with E-state index in [1.165, 1.54) is 0 Å². The smallest absolute Gasteiger partial charge is 0.238 e. The number of halogens is 1. The second-order valence-corrected chi connectivity index (χ2v) is 5.85. The number of nitrogens with one attached hydrogen (secondary N) is 1. The number of carbonyl (C=O) groups is 1. The third kappa shape index (κ3) is 4.20. The molecule has 1 atom stereocenters. The Kier molecular flexibility index (Phi) is 5.40. The van der Waals surface area contributed by atoms with Crippen molar-refractivity contribution in [1.82, 2.24) is 4.90 Å².